The average Bonchev–Trinajstić information content (AvgIpc) is 3.11. The predicted octanol–water partition coefficient (Wildman–Crippen LogP) is 4.01. The molecule has 146 valence electrons. The molecule has 0 unspecified atom stereocenters. The summed E-state index contributed by atoms with van der Waals surface area (Å²) in [5.41, 5.74) is 0.486. The summed E-state index contributed by atoms with van der Waals surface area (Å²) in [4.78, 5) is 30.2. The van der Waals surface area contributed by atoms with Crippen LogP contribution in [0.3, 0.4) is 0 Å². The first-order valence-corrected chi connectivity index (χ1v) is 9.56. The van der Waals surface area contributed by atoms with Crippen molar-refractivity contribution in [1.29, 1.82) is 0 Å². The number of nitrogens with one attached hydrogen (secondary N) is 2. The molecule has 0 aliphatic rings. The smallest absolute Gasteiger partial charge is 0.322 e. The number of anilines is 1. The third-order valence-corrected chi connectivity index (χ3v) is 4.43. The van der Waals surface area contributed by atoms with Crippen molar-refractivity contribution in [3.8, 4) is 0 Å². The topological polar surface area (TPSA) is 74.3 Å². The summed E-state index contributed by atoms with van der Waals surface area (Å²) in [7, 11) is 0. The van der Waals surface area contributed by atoms with Gasteiger partial charge in [-0.1, -0.05) is 13.8 Å². The maximum absolute atomic E-state index is 13.3. The zero-order chi connectivity index (χ0) is 19.8. The molecule has 1 aromatic heterocycles. The SMILES string of the molecule is CCCNC(=O)c1csc(CN(CCC)C(=O)Nc2ccc(F)c(F)c2)n1. The van der Waals surface area contributed by atoms with Gasteiger partial charge in [0.05, 0.1) is 6.54 Å². The Morgan fingerprint density at radius 2 is 1.96 bits per heavy atom. The lowest BCUT2D eigenvalue weighted by molar-refractivity contribution is 0.0949. The number of nitrogens with zero attached hydrogens (tertiary/aromatic N) is 2. The minimum Gasteiger partial charge on any atom is -0.351 e. The molecule has 2 aromatic rings. The van der Waals surface area contributed by atoms with Gasteiger partial charge in [-0.3, -0.25) is 4.79 Å². The Balaban J connectivity index is 2.03. The van der Waals surface area contributed by atoms with Crippen LogP contribution in [-0.4, -0.2) is 34.9 Å². The highest BCUT2D eigenvalue weighted by Gasteiger charge is 2.17. The van der Waals surface area contributed by atoms with Crippen LogP contribution in [0.25, 0.3) is 0 Å². The number of amides is 3. The molecule has 0 atom stereocenters. The number of urea groups is 1. The fourth-order valence-electron chi connectivity index (χ4n) is 2.28. The number of aromatic nitrogens is 1. The van der Waals surface area contributed by atoms with E-state index in [2.05, 4.69) is 15.6 Å². The van der Waals surface area contributed by atoms with Gasteiger partial charge in [-0.25, -0.2) is 18.6 Å². The number of hydrogen-bond acceptors (Lipinski definition) is 4. The van der Waals surface area contributed by atoms with Crippen LogP contribution in [0.5, 0.6) is 0 Å². The minimum absolute atomic E-state index is 0.166. The lowest BCUT2D eigenvalue weighted by atomic mass is 10.3. The minimum atomic E-state index is -1.03. The van der Waals surface area contributed by atoms with Gasteiger partial charge in [0, 0.05) is 30.2 Å². The second-order valence-electron chi connectivity index (χ2n) is 5.86. The van der Waals surface area contributed by atoms with Crippen molar-refractivity contribution in [2.45, 2.75) is 33.2 Å². The molecule has 0 spiro atoms. The summed E-state index contributed by atoms with van der Waals surface area (Å²) in [6.45, 7) is 5.12. The first-order chi connectivity index (χ1) is 12.9. The lowest BCUT2D eigenvalue weighted by Crippen LogP contribution is -2.35. The molecule has 0 aliphatic heterocycles. The largest absolute Gasteiger partial charge is 0.351 e. The van der Waals surface area contributed by atoms with Crippen molar-refractivity contribution in [3.63, 3.8) is 0 Å². The first kappa shape index (κ1) is 20.8. The number of benzene rings is 1. The van der Waals surface area contributed by atoms with E-state index >= 15 is 0 Å². The number of rotatable bonds is 8. The predicted molar refractivity (Wildman–Crippen MR) is 101 cm³/mol. The van der Waals surface area contributed by atoms with Crippen molar-refractivity contribution < 1.29 is 18.4 Å². The molecule has 0 radical (unpaired) electrons. The van der Waals surface area contributed by atoms with Crippen LogP contribution in [-0.2, 0) is 6.54 Å². The maximum atomic E-state index is 13.3. The Morgan fingerprint density at radius 3 is 2.63 bits per heavy atom. The molecule has 0 fully saturated rings. The third-order valence-electron chi connectivity index (χ3n) is 3.60. The van der Waals surface area contributed by atoms with Crippen molar-refractivity contribution in [2.24, 2.45) is 0 Å². The van der Waals surface area contributed by atoms with E-state index in [0.29, 0.717) is 30.2 Å². The third kappa shape index (κ3) is 5.99. The highest BCUT2D eigenvalue weighted by molar-refractivity contribution is 7.09. The van der Waals surface area contributed by atoms with Crippen LogP contribution in [0.2, 0.25) is 0 Å². The highest BCUT2D eigenvalue weighted by atomic mass is 32.1. The van der Waals surface area contributed by atoms with Gasteiger partial charge in [0.1, 0.15) is 10.7 Å². The summed E-state index contributed by atoms with van der Waals surface area (Å²) in [5, 5.41) is 7.57. The normalized spacial score (nSPS) is 10.5. The van der Waals surface area contributed by atoms with Gasteiger partial charge < -0.3 is 15.5 Å². The standard InChI is InChI=1S/C18H22F2N4O2S/c1-3-7-21-17(25)15-11-27-16(23-15)10-24(8-4-2)18(26)22-12-5-6-13(19)14(20)9-12/h5-6,9,11H,3-4,7-8,10H2,1-2H3,(H,21,25)(H,22,26). The summed E-state index contributed by atoms with van der Waals surface area (Å²) in [6.07, 6.45) is 1.54. The Kier molecular flexibility index (Phi) is 7.66. The van der Waals surface area contributed by atoms with Crippen LogP contribution < -0.4 is 10.6 Å². The molecule has 0 saturated heterocycles. The molecule has 2 N–H and O–H groups in total. The number of halogens is 2. The fourth-order valence-corrected chi connectivity index (χ4v) is 3.07. The maximum Gasteiger partial charge on any atom is 0.322 e. The van der Waals surface area contributed by atoms with Crippen molar-refractivity contribution in [1.82, 2.24) is 15.2 Å². The van der Waals surface area contributed by atoms with E-state index in [4.69, 9.17) is 0 Å². The molecule has 6 nitrogen and oxygen atoms in total. The number of carbonyl (C=O) groups excluding carboxylic acids is 2. The molecule has 0 saturated carbocycles. The van der Waals surface area contributed by atoms with Crippen LogP contribution in [0, 0.1) is 11.6 Å². The molecular formula is C18H22F2N4O2S. The molecule has 1 aromatic carbocycles. The lowest BCUT2D eigenvalue weighted by Gasteiger charge is -2.21. The highest BCUT2D eigenvalue weighted by Crippen LogP contribution is 2.16. The van der Waals surface area contributed by atoms with Crippen LogP contribution in [0.1, 0.15) is 42.2 Å². The first-order valence-electron chi connectivity index (χ1n) is 8.68. The zero-order valence-electron chi connectivity index (χ0n) is 15.2. The zero-order valence-corrected chi connectivity index (χ0v) is 16.0. The summed E-state index contributed by atoms with van der Waals surface area (Å²) >= 11 is 1.29. The van der Waals surface area contributed by atoms with Gasteiger partial charge in [-0.2, -0.15) is 0 Å². The Morgan fingerprint density at radius 1 is 1.19 bits per heavy atom. The second kappa shape index (κ2) is 9.96. The molecule has 27 heavy (non-hydrogen) atoms. The second-order valence-corrected chi connectivity index (χ2v) is 6.81. The molecular weight excluding hydrogens is 374 g/mol. The van der Waals surface area contributed by atoms with Gasteiger partial charge in [0.25, 0.3) is 5.91 Å². The summed E-state index contributed by atoms with van der Waals surface area (Å²) in [6, 6.07) is 2.73. The Labute approximate surface area is 160 Å². The fraction of sp³-hybridized carbons (Fsp3) is 0.389. The van der Waals surface area contributed by atoms with E-state index in [9.17, 15) is 18.4 Å². The van der Waals surface area contributed by atoms with Gasteiger partial charge in [0.2, 0.25) is 0 Å². The number of thiazole rings is 1. The van der Waals surface area contributed by atoms with Crippen LogP contribution in [0.4, 0.5) is 19.3 Å². The number of hydrogen-bond donors (Lipinski definition) is 2. The van der Waals surface area contributed by atoms with Crippen molar-refractivity contribution >= 4 is 29.0 Å². The van der Waals surface area contributed by atoms with E-state index in [1.54, 1.807) is 5.38 Å². The number of carbonyl (C=O) groups is 2. The molecule has 2 rings (SSSR count). The van der Waals surface area contributed by atoms with Crippen LogP contribution >= 0.6 is 11.3 Å². The quantitative estimate of drug-likeness (QED) is 0.708. The van der Waals surface area contributed by atoms with Gasteiger partial charge >= 0.3 is 6.03 Å². The van der Waals surface area contributed by atoms with E-state index in [1.807, 2.05) is 13.8 Å². The van der Waals surface area contributed by atoms with E-state index < -0.39 is 17.7 Å². The molecule has 0 aliphatic carbocycles. The Hall–Kier alpha value is -2.55. The van der Waals surface area contributed by atoms with Crippen molar-refractivity contribution in [3.05, 3.63) is 45.9 Å². The van der Waals surface area contributed by atoms with Crippen LogP contribution in [0.15, 0.2) is 23.6 Å². The molecule has 1 heterocycles. The monoisotopic (exact) mass is 396 g/mol. The van der Waals surface area contributed by atoms with Gasteiger partial charge in [0.15, 0.2) is 11.6 Å². The van der Waals surface area contributed by atoms with E-state index in [1.165, 1.54) is 22.3 Å². The van der Waals surface area contributed by atoms with Crippen molar-refractivity contribution in [2.75, 3.05) is 18.4 Å². The summed E-state index contributed by atoms with van der Waals surface area (Å²) < 4.78 is 26.3. The van der Waals surface area contributed by atoms with E-state index in [-0.39, 0.29) is 18.1 Å². The summed E-state index contributed by atoms with van der Waals surface area (Å²) in [5.74, 6) is -2.25. The molecule has 9 heteroatoms. The average molecular weight is 396 g/mol. The molecule has 3 amide bonds. The molecule has 0 bridgehead atoms. The van der Waals surface area contributed by atoms with Gasteiger partial charge in [-0.15, -0.1) is 11.3 Å². The van der Waals surface area contributed by atoms with E-state index in [0.717, 1.165) is 18.6 Å². The van der Waals surface area contributed by atoms with Gasteiger partial charge in [-0.05, 0) is 25.0 Å². The Bertz CT molecular complexity index is 797.